The highest BCUT2D eigenvalue weighted by Crippen LogP contribution is 2.21. The van der Waals surface area contributed by atoms with Gasteiger partial charge < -0.3 is 10.6 Å². The van der Waals surface area contributed by atoms with E-state index in [-0.39, 0.29) is 5.91 Å². The zero-order valence-electron chi connectivity index (χ0n) is 15.5. The molecule has 2 N–H and O–H groups in total. The number of allylic oxidation sites excluding steroid dienone is 1. The van der Waals surface area contributed by atoms with E-state index in [1.54, 1.807) is 12.3 Å². The van der Waals surface area contributed by atoms with Gasteiger partial charge in [0, 0.05) is 18.4 Å². The van der Waals surface area contributed by atoms with Gasteiger partial charge in [-0.05, 0) is 69.2 Å². The van der Waals surface area contributed by atoms with Crippen LogP contribution >= 0.6 is 0 Å². The molecule has 0 radical (unpaired) electrons. The van der Waals surface area contributed by atoms with Gasteiger partial charge in [-0.2, -0.15) is 0 Å². The van der Waals surface area contributed by atoms with E-state index in [0.717, 1.165) is 24.1 Å². The lowest BCUT2D eigenvalue weighted by atomic mass is 9.97. The van der Waals surface area contributed by atoms with E-state index in [4.69, 9.17) is 0 Å². The number of hydrogen-bond donors (Lipinski definition) is 2. The highest BCUT2D eigenvalue weighted by Gasteiger charge is 2.10. The van der Waals surface area contributed by atoms with Crippen molar-refractivity contribution in [2.45, 2.75) is 46.0 Å². The van der Waals surface area contributed by atoms with Crippen molar-refractivity contribution in [2.24, 2.45) is 0 Å². The van der Waals surface area contributed by atoms with Crippen LogP contribution in [-0.4, -0.2) is 22.4 Å². The second kappa shape index (κ2) is 8.61. The molecule has 1 heterocycles. The minimum Gasteiger partial charge on any atom is -0.350 e. The number of carbonyl (C=O) groups is 1. The number of hydrogen-bond acceptors (Lipinski definition) is 4. The lowest BCUT2D eigenvalue weighted by Crippen LogP contribution is -2.26. The van der Waals surface area contributed by atoms with Crippen LogP contribution in [0.15, 0.2) is 42.1 Å². The number of rotatable bonds is 6. The summed E-state index contributed by atoms with van der Waals surface area (Å²) >= 11 is 0. The molecule has 0 fully saturated rings. The highest BCUT2D eigenvalue weighted by atomic mass is 16.1. The fraction of sp³-hybridized carbons (Fsp3) is 0.381. The van der Waals surface area contributed by atoms with Crippen molar-refractivity contribution in [3.05, 3.63) is 58.9 Å². The zero-order chi connectivity index (χ0) is 18.4. The maximum atomic E-state index is 12.4. The average molecular weight is 350 g/mol. The van der Waals surface area contributed by atoms with Crippen LogP contribution in [0.1, 0.15) is 53.7 Å². The maximum Gasteiger partial charge on any atom is 0.270 e. The van der Waals surface area contributed by atoms with Crippen LogP contribution in [0.3, 0.4) is 0 Å². The van der Waals surface area contributed by atoms with Crippen molar-refractivity contribution in [3.8, 4) is 0 Å². The average Bonchev–Trinajstić information content (AvgIpc) is 2.66. The van der Waals surface area contributed by atoms with Crippen molar-refractivity contribution in [1.29, 1.82) is 0 Å². The summed E-state index contributed by atoms with van der Waals surface area (Å²) in [5.74, 6) is 0.272. The molecule has 0 saturated carbocycles. The van der Waals surface area contributed by atoms with Gasteiger partial charge in [-0.15, -0.1) is 0 Å². The largest absolute Gasteiger partial charge is 0.350 e. The van der Waals surface area contributed by atoms with Gasteiger partial charge in [0.1, 0.15) is 5.69 Å². The predicted molar refractivity (Wildman–Crippen MR) is 105 cm³/mol. The second-order valence-electron chi connectivity index (χ2n) is 6.75. The summed E-state index contributed by atoms with van der Waals surface area (Å²) in [6.45, 7) is 4.76. The molecule has 0 aliphatic heterocycles. The third-order valence-corrected chi connectivity index (χ3v) is 4.86. The van der Waals surface area contributed by atoms with E-state index in [1.807, 2.05) is 19.1 Å². The first-order valence-corrected chi connectivity index (χ1v) is 9.26. The van der Waals surface area contributed by atoms with Gasteiger partial charge in [0.25, 0.3) is 5.91 Å². The summed E-state index contributed by atoms with van der Waals surface area (Å²) in [6, 6.07) is 7.67. The van der Waals surface area contributed by atoms with Crippen LogP contribution in [0.4, 0.5) is 11.6 Å². The van der Waals surface area contributed by atoms with E-state index < -0.39 is 0 Å². The molecule has 26 heavy (non-hydrogen) atoms. The highest BCUT2D eigenvalue weighted by molar-refractivity contribution is 5.92. The Morgan fingerprint density at radius 3 is 2.88 bits per heavy atom. The molecule has 5 heteroatoms. The Kier molecular flexibility index (Phi) is 6.00. The summed E-state index contributed by atoms with van der Waals surface area (Å²) in [6.07, 6.45) is 9.72. The van der Waals surface area contributed by atoms with Crippen molar-refractivity contribution in [2.75, 3.05) is 11.9 Å². The van der Waals surface area contributed by atoms with Crippen molar-refractivity contribution in [3.63, 3.8) is 0 Å². The molecule has 5 nitrogen and oxygen atoms in total. The summed E-state index contributed by atoms with van der Waals surface area (Å²) in [4.78, 5) is 20.9. The number of amides is 1. The SMILES string of the molecule is Cc1cccc(Nc2nccc(C(=O)NCCC3=CCCCC3)n2)c1C. The molecule has 0 unspecified atom stereocenters. The minimum atomic E-state index is -0.159. The molecule has 1 aromatic carbocycles. The minimum absolute atomic E-state index is 0.159. The van der Waals surface area contributed by atoms with E-state index in [1.165, 1.54) is 30.4 Å². The number of benzene rings is 1. The third-order valence-electron chi connectivity index (χ3n) is 4.86. The van der Waals surface area contributed by atoms with Gasteiger partial charge >= 0.3 is 0 Å². The first-order valence-electron chi connectivity index (χ1n) is 9.26. The number of nitrogens with zero attached hydrogens (tertiary/aromatic N) is 2. The number of aryl methyl sites for hydroxylation is 1. The van der Waals surface area contributed by atoms with Gasteiger partial charge in [0.15, 0.2) is 0 Å². The number of nitrogens with one attached hydrogen (secondary N) is 2. The summed E-state index contributed by atoms with van der Waals surface area (Å²) in [7, 11) is 0. The van der Waals surface area contributed by atoms with Gasteiger partial charge in [0.2, 0.25) is 5.95 Å². The van der Waals surface area contributed by atoms with E-state index in [2.05, 4.69) is 39.7 Å². The Morgan fingerprint density at radius 2 is 2.08 bits per heavy atom. The van der Waals surface area contributed by atoms with Crippen LogP contribution in [-0.2, 0) is 0 Å². The Balaban J connectivity index is 1.60. The van der Waals surface area contributed by atoms with Crippen molar-refractivity contribution < 1.29 is 4.79 Å². The Hall–Kier alpha value is -2.69. The molecule has 0 spiro atoms. The van der Waals surface area contributed by atoms with Crippen LogP contribution < -0.4 is 10.6 Å². The zero-order valence-corrected chi connectivity index (χ0v) is 15.5. The summed E-state index contributed by atoms with van der Waals surface area (Å²) in [5, 5.41) is 6.16. The molecule has 0 atom stereocenters. The molecule has 3 rings (SSSR count). The second-order valence-corrected chi connectivity index (χ2v) is 6.75. The number of anilines is 2. The number of aromatic nitrogens is 2. The monoisotopic (exact) mass is 350 g/mol. The number of carbonyl (C=O) groups excluding carboxylic acids is 1. The molecular formula is C21H26N4O. The van der Waals surface area contributed by atoms with Gasteiger partial charge in [0.05, 0.1) is 0 Å². The van der Waals surface area contributed by atoms with Gasteiger partial charge in [-0.3, -0.25) is 4.79 Å². The van der Waals surface area contributed by atoms with E-state index in [0.29, 0.717) is 18.2 Å². The van der Waals surface area contributed by atoms with Crippen LogP contribution in [0, 0.1) is 13.8 Å². The fourth-order valence-electron chi connectivity index (χ4n) is 3.11. The molecule has 1 amide bonds. The summed E-state index contributed by atoms with van der Waals surface area (Å²) < 4.78 is 0. The molecule has 0 saturated heterocycles. The normalized spacial score (nSPS) is 13.8. The lowest BCUT2D eigenvalue weighted by molar-refractivity contribution is 0.0949. The first kappa shape index (κ1) is 18.1. The smallest absolute Gasteiger partial charge is 0.270 e. The Labute approximate surface area is 155 Å². The molecule has 0 bridgehead atoms. The molecule has 1 aliphatic carbocycles. The van der Waals surface area contributed by atoms with E-state index >= 15 is 0 Å². The van der Waals surface area contributed by atoms with Gasteiger partial charge in [-0.1, -0.05) is 23.8 Å². The maximum absolute atomic E-state index is 12.4. The molecular weight excluding hydrogens is 324 g/mol. The topological polar surface area (TPSA) is 66.9 Å². The predicted octanol–water partition coefficient (Wildman–Crippen LogP) is 4.46. The summed E-state index contributed by atoms with van der Waals surface area (Å²) in [5.41, 5.74) is 5.13. The molecule has 2 aromatic rings. The fourth-order valence-corrected chi connectivity index (χ4v) is 3.11. The molecule has 1 aliphatic rings. The van der Waals surface area contributed by atoms with Crippen LogP contribution in [0.25, 0.3) is 0 Å². The lowest BCUT2D eigenvalue weighted by Gasteiger charge is -2.13. The van der Waals surface area contributed by atoms with E-state index in [9.17, 15) is 4.79 Å². The van der Waals surface area contributed by atoms with Crippen LogP contribution in [0.2, 0.25) is 0 Å². The Morgan fingerprint density at radius 1 is 1.19 bits per heavy atom. The third kappa shape index (κ3) is 4.69. The van der Waals surface area contributed by atoms with Crippen molar-refractivity contribution >= 4 is 17.5 Å². The van der Waals surface area contributed by atoms with Gasteiger partial charge in [-0.25, -0.2) is 9.97 Å². The molecule has 136 valence electrons. The Bertz CT molecular complexity index is 813. The molecule has 1 aromatic heterocycles. The standard InChI is InChI=1S/C21H26N4O/c1-15-7-6-10-18(16(15)2)24-21-23-14-12-19(25-21)20(26)22-13-11-17-8-4-3-5-9-17/h6-8,10,12,14H,3-5,9,11,13H2,1-2H3,(H,22,26)(H,23,24,25). The van der Waals surface area contributed by atoms with Crippen LogP contribution in [0.5, 0.6) is 0 Å². The quantitative estimate of drug-likeness (QED) is 0.755. The first-order chi connectivity index (χ1) is 12.6. The van der Waals surface area contributed by atoms with Crippen molar-refractivity contribution in [1.82, 2.24) is 15.3 Å².